The zero-order valence-electron chi connectivity index (χ0n) is 12.4. The molecular formula is C14H21ClF2N2O2S. The van der Waals surface area contributed by atoms with E-state index in [0.717, 1.165) is 44.0 Å². The maximum atomic E-state index is 13.7. The Balaban J connectivity index is 0.00000242. The van der Waals surface area contributed by atoms with Crippen LogP contribution in [0.4, 0.5) is 8.78 Å². The van der Waals surface area contributed by atoms with Gasteiger partial charge < -0.3 is 5.32 Å². The molecule has 1 aliphatic heterocycles. The van der Waals surface area contributed by atoms with E-state index in [2.05, 4.69) is 5.32 Å². The number of nitrogens with zero attached hydrogens (tertiary/aromatic N) is 1. The Bertz CT molecular complexity index is 591. The van der Waals surface area contributed by atoms with Gasteiger partial charge in [-0.15, -0.1) is 12.4 Å². The molecule has 1 aromatic carbocycles. The van der Waals surface area contributed by atoms with Crippen LogP contribution in [0.2, 0.25) is 0 Å². The van der Waals surface area contributed by atoms with Crippen LogP contribution in [0.25, 0.3) is 0 Å². The predicted octanol–water partition coefficient (Wildman–Crippen LogP) is 2.40. The van der Waals surface area contributed by atoms with E-state index in [4.69, 9.17) is 0 Å². The molecule has 0 aliphatic carbocycles. The van der Waals surface area contributed by atoms with Crippen molar-refractivity contribution in [2.75, 3.05) is 26.7 Å². The molecule has 8 heteroatoms. The third kappa shape index (κ3) is 4.38. The second-order valence-corrected chi connectivity index (χ2v) is 7.22. The number of halogens is 3. The Hall–Kier alpha value is -0.760. The molecule has 2 rings (SSSR count). The van der Waals surface area contributed by atoms with Crippen molar-refractivity contribution < 1.29 is 17.2 Å². The van der Waals surface area contributed by atoms with E-state index in [1.54, 1.807) is 0 Å². The number of rotatable bonds is 5. The summed E-state index contributed by atoms with van der Waals surface area (Å²) in [7, 11) is -2.08. The van der Waals surface area contributed by atoms with Gasteiger partial charge in [0.2, 0.25) is 10.0 Å². The van der Waals surface area contributed by atoms with Crippen molar-refractivity contribution in [1.29, 1.82) is 0 Å². The summed E-state index contributed by atoms with van der Waals surface area (Å²) in [6.07, 6.45) is 2.49. The molecule has 1 fully saturated rings. The van der Waals surface area contributed by atoms with Gasteiger partial charge in [0.25, 0.3) is 0 Å². The first-order chi connectivity index (χ1) is 9.95. The lowest BCUT2D eigenvalue weighted by molar-refractivity contribution is 0.262. The van der Waals surface area contributed by atoms with E-state index in [-0.39, 0.29) is 12.4 Å². The summed E-state index contributed by atoms with van der Waals surface area (Å²) in [5.74, 6) is -1.19. The van der Waals surface area contributed by atoms with Gasteiger partial charge in [0.1, 0.15) is 16.5 Å². The normalized spacial score (nSPS) is 17.2. The lowest BCUT2D eigenvalue weighted by atomic mass is 9.95. The Morgan fingerprint density at radius 2 is 1.91 bits per heavy atom. The summed E-state index contributed by atoms with van der Waals surface area (Å²) in [4.78, 5) is -0.573. The van der Waals surface area contributed by atoms with Crippen molar-refractivity contribution in [1.82, 2.24) is 9.62 Å². The standard InChI is InChI=1S/C14H20F2N2O2S.ClH/c1-17-7-4-11-5-8-18(9-6-11)21(19,20)14-10-12(15)2-3-13(14)16;/h2-3,10-11,17H,4-9H2,1H3;1H. The molecule has 1 heterocycles. The topological polar surface area (TPSA) is 49.4 Å². The molecule has 0 saturated carbocycles. The summed E-state index contributed by atoms with van der Waals surface area (Å²) in [6, 6.07) is 2.51. The van der Waals surface area contributed by atoms with Gasteiger partial charge in [-0.05, 0) is 57.0 Å². The summed E-state index contributed by atoms with van der Waals surface area (Å²) >= 11 is 0. The zero-order valence-corrected chi connectivity index (χ0v) is 14.0. The fraction of sp³-hybridized carbons (Fsp3) is 0.571. The molecule has 0 aromatic heterocycles. The summed E-state index contributed by atoms with van der Waals surface area (Å²) in [5, 5.41) is 3.07. The van der Waals surface area contributed by atoms with E-state index in [1.807, 2.05) is 7.05 Å². The first-order valence-electron chi connectivity index (χ1n) is 7.05. The molecule has 1 aliphatic rings. The van der Waals surface area contributed by atoms with E-state index < -0.39 is 26.6 Å². The minimum atomic E-state index is -3.96. The predicted molar refractivity (Wildman–Crippen MR) is 83.6 cm³/mol. The molecule has 1 aromatic rings. The van der Waals surface area contributed by atoms with Crippen LogP contribution in [0.15, 0.2) is 23.1 Å². The Morgan fingerprint density at radius 1 is 1.27 bits per heavy atom. The maximum Gasteiger partial charge on any atom is 0.246 e. The maximum absolute atomic E-state index is 13.7. The van der Waals surface area contributed by atoms with Crippen molar-refractivity contribution >= 4 is 22.4 Å². The highest BCUT2D eigenvalue weighted by atomic mass is 35.5. The summed E-state index contributed by atoms with van der Waals surface area (Å²) in [6.45, 7) is 1.61. The number of piperidine rings is 1. The van der Waals surface area contributed by atoms with Gasteiger partial charge >= 0.3 is 0 Å². The van der Waals surface area contributed by atoms with Gasteiger partial charge in [-0.2, -0.15) is 4.31 Å². The van der Waals surface area contributed by atoms with Crippen molar-refractivity contribution in [3.05, 3.63) is 29.8 Å². The number of benzene rings is 1. The van der Waals surface area contributed by atoms with Gasteiger partial charge in [0, 0.05) is 13.1 Å². The number of hydrogen-bond donors (Lipinski definition) is 1. The monoisotopic (exact) mass is 354 g/mol. The lowest BCUT2D eigenvalue weighted by Crippen LogP contribution is -2.39. The highest BCUT2D eigenvalue weighted by molar-refractivity contribution is 7.89. The molecule has 1 N–H and O–H groups in total. The van der Waals surface area contributed by atoms with Crippen LogP contribution in [0.5, 0.6) is 0 Å². The van der Waals surface area contributed by atoms with Crippen molar-refractivity contribution in [2.24, 2.45) is 5.92 Å². The molecule has 0 bridgehead atoms. The molecule has 1 saturated heterocycles. The van der Waals surface area contributed by atoms with Crippen LogP contribution in [-0.2, 0) is 10.0 Å². The van der Waals surface area contributed by atoms with E-state index in [0.29, 0.717) is 19.0 Å². The van der Waals surface area contributed by atoms with Crippen LogP contribution in [0.1, 0.15) is 19.3 Å². The van der Waals surface area contributed by atoms with Gasteiger partial charge in [0.15, 0.2) is 0 Å². The SMILES string of the molecule is CNCCC1CCN(S(=O)(=O)c2cc(F)ccc2F)CC1.Cl. The lowest BCUT2D eigenvalue weighted by Gasteiger charge is -2.31. The first kappa shape index (κ1) is 19.3. The third-order valence-electron chi connectivity index (χ3n) is 3.89. The smallest absolute Gasteiger partial charge is 0.246 e. The first-order valence-corrected chi connectivity index (χ1v) is 8.49. The van der Waals surface area contributed by atoms with E-state index in [9.17, 15) is 17.2 Å². The Labute approximate surface area is 136 Å². The van der Waals surface area contributed by atoms with Crippen molar-refractivity contribution in [3.63, 3.8) is 0 Å². The fourth-order valence-electron chi connectivity index (χ4n) is 2.60. The molecular weight excluding hydrogens is 334 g/mol. The number of nitrogens with one attached hydrogen (secondary N) is 1. The molecule has 0 spiro atoms. The minimum absolute atomic E-state index is 0. The average Bonchev–Trinajstić information content (AvgIpc) is 2.48. The van der Waals surface area contributed by atoms with Crippen LogP contribution in [-0.4, -0.2) is 39.4 Å². The van der Waals surface area contributed by atoms with E-state index in [1.165, 1.54) is 4.31 Å². The summed E-state index contributed by atoms with van der Waals surface area (Å²) < 4.78 is 52.9. The third-order valence-corrected chi connectivity index (χ3v) is 5.80. The van der Waals surface area contributed by atoms with Crippen LogP contribution >= 0.6 is 12.4 Å². The second kappa shape index (κ2) is 8.19. The number of sulfonamides is 1. The van der Waals surface area contributed by atoms with Gasteiger partial charge in [-0.25, -0.2) is 17.2 Å². The van der Waals surface area contributed by atoms with Gasteiger partial charge in [-0.3, -0.25) is 0 Å². The molecule has 0 amide bonds. The van der Waals surface area contributed by atoms with Crippen molar-refractivity contribution in [2.45, 2.75) is 24.2 Å². The molecule has 0 unspecified atom stereocenters. The summed E-state index contributed by atoms with van der Waals surface area (Å²) in [5.41, 5.74) is 0. The van der Waals surface area contributed by atoms with Crippen LogP contribution in [0.3, 0.4) is 0 Å². The van der Waals surface area contributed by atoms with E-state index >= 15 is 0 Å². The fourth-order valence-corrected chi connectivity index (χ4v) is 4.15. The largest absolute Gasteiger partial charge is 0.320 e. The van der Waals surface area contributed by atoms with Crippen LogP contribution < -0.4 is 5.32 Å². The quantitative estimate of drug-likeness (QED) is 0.883. The number of hydrogen-bond acceptors (Lipinski definition) is 3. The molecule has 126 valence electrons. The van der Waals surface area contributed by atoms with Gasteiger partial charge in [0.05, 0.1) is 0 Å². The Morgan fingerprint density at radius 3 is 2.50 bits per heavy atom. The molecule has 0 atom stereocenters. The van der Waals surface area contributed by atoms with Crippen molar-refractivity contribution in [3.8, 4) is 0 Å². The zero-order chi connectivity index (χ0) is 15.5. The molecule has 4 nitrogen and oxygen atoms in total. The highest BCUT2D eigenvalue weighted by Gasteiger charge is 2.31. The molecule has 0 radical (unpaired) electrons. The highest BCUT2D eigenvalue weighted by Crippen LogP contribution is 2.27. The second-order valence-electron chi connectivity index (χ2n) is 5.31. The average molecular weight is 355 g/mol. The Kier molecular flexibility index (Phi) is 7.18. The van der Waals surface area contributed by atoms with Gasteiger partial charge in [-0.1, -0.05) is 0 Å². The van der Waals surface area contributed by atoms with Crippen LogP contribution in [0, 0.1) is 17.6 Å². The molecule has 22 heavy (non-hydrogen) atoms. The minimum Gasteiger partial charge on any atom is -0.320 e.